The third-order valence-electron chi connectivity index (χ3n) is 5.37. The van der Waals surface area contributed by atoms with Crippen molar-refractivity contribution < 1.29 is 8.42 Å². The van der Waals surface area contributed by atoms with Gasteiger partial charge >= 0.3 is 0 Å². The Bertz CT molecular complexity index is 630. The lowest BCUT2D eigenvalue weighted by Gasteiger charge is -2.08. The van der Waals surface area contributed by atoms with E-state index in [2.05, 4.69) is 37.5 Å². The molecule has 0 atom stereocenters. The Morgan fingerprint density at radius 2 is 1.80 bits per heavy atom. The van der Waals surface area contributed by atoms with Crippen LogP contribution in [0.2, 0.25) is 0 Å². The molecule has 0 radical (unpaired) electrons. The molecule has 0 aromatic carbocycles. The smallest absolute Gasteiger partial charge is 0.246 e. The molecule has 20 heavy (non-hydrogen) atoms. The normalized spacial score (nSPS) is 21.1. The topological polar surface area (TPSA) is 90.0 Å². The third-order valence-corrected chi connectivity index (χ3v) is 6.96. The highest BCUT2D eigenvalue weighted by atomic mass is 32.2. The summed E-state index contributed by atoms with van der Waals surface area (Å²) < 4.78 is 29.0. The molecule has 0 saturated heterocycles. The van der Waals surface area contributed by atoms with E-state index in [9.17, 15) is 8.42 Å². The molecule has 0 amide bonds. The van der Waals surface area contributed by atoms with Crippen molar-refractivity contribution in [3.63, 3.8) is 0 Å². The predicted octanol–water partition coefficient (Wildman–Crippen LogP) is 1.27. The molecule has 1 aliphatic carbocycles. The number of nitrogens with zero attached hydrogens (tertiary/aromatic N) is 2. The van der Waals surface area contributed by atoms with E-state index in [4.69, 9.17) is 5.73 Å². The quantitative estimate of drug-likeness (QED) is 0.876. The number of nitrogens with two attached hydrogens (primary N) is 1. The van der Waals surface area contributed by atoms with Crippen molar-refractivity contribution in [3.05, 3.63) is 5.69 Å². The lowest BCUT2D eigenvalue weighted by Crippen LogP contribution is -2.28. The van der Waals surface area contributed by atoms with Crippen LogP contribution in [0, 0.1) is 23.7 Å². The van der Waals surface area contributed by atoms with E-state index in [1.54, 1.807) is 14.0 Å². The van der Waals surface area contributed by atoms with Crippen LogP contribution in [0.3, 0.4) is 0 Å². The Kier molecular flexibility index (Phi) is 3.22. The summed E-state index contributed by atoms with van der Waals surface area (Å²) in [5, 5.41) is 3.95. The van der Waals surface area contributed by atoms with Crippen LogP contribution in [0.4, 0.5) is 5.82 Å². The summed E-state index contributed by atoms with van der Waals surface area (Å²) in [5.74, 6) is 0.370. The summed E-state index contributed by atoms with van der Waals surface area (Å²) in [4.78, 5) is 0.0938. The molecular weight excluding hydrogens is 276 g/mol. The van der Waals surface area contributed by atoms with E-state index >= 15 is 0 Å². The first-order valence-corrected chi connectivity index (χ1v) is 8.20. The number of hydrogen-bond acceptors (Lipinski definition) is 4. The Morgan fingerprint density at radius 1 is 1.30 bits per heavy atom. The standard InChI is InChI=1S/C13H24N4O2S/c1-8-10(11(14)16-17(8)6)20(18,19)15-7-9-12(2,3)13(9,4)5/h9,15H,7H2,1-6H3,(H2,14,16). The molecule has 1 fully saturated rings. The van der Waals surface area contributed by atoms with Crippen LogP contribution < -0.4 is 10.5 Å². The molecule has 2 rings (SSSR count). The molecule has 1 aromatic rings. The minimum atomic E-state index is -3.61. The van der Waals surface area contributed by atoms with Crippen molar-refractivity contribution in [2.24, 2.45) is 23.8 Å². The first-order chi connectivity index (χ1) is 8.93. The fourth-order valence-corrected chi connectivity index (χ4v) is 4.42. The number of aromatic nitrogens is 2. The van der Waals surface area contributed by atoms with Gasteiger partial charge in [-0.2, -0.15) is 5.10 Å². The predicted molar refractivity (Wildman–Crippen MR) is 78.6 cm³/mol. The number of hydrogen-bond donors (Lipinski definition) is 2. The number of nitrogen functional groups attached to an aromatic ring is 1. The number of sulfonamides is 1. The highest BCUT2D eigenvalue weighted by Crippen LogP contribution is 2.67. The van der Waals surface area contributed by atoms with Crippen LogP contribution in [-0.2, 0) is 17.1 Å². The van der Waals surface area contributed by atoms with E-state index in [0.29, 0.717) is 18.2 Å². The summed E-state index contributed by atoms with van der Waals surface area (Å²) in [6.45, 7) is 10.8. The average Bonchev–Trinajstić information content (AvgIpc) is 2.50. The van der Waals surface area contributed by atoms with Crippen molar-refractivity contribution in [1.82, 2.24) is 14.5 Å². The highest BCUT2D eigenvalue weighted by Gasteiger charge is 2.64. The van der Waals surface area contributed by atoms with Crippen LogP contribution in [0.5, 0.6) is 0 Å². The summed E-state index contributed by atoms with van der Waals surface area (Å²) in [5.41, 5.74) is 6.54. The van der Waals surface area contributed by atoms with Gasteiger partial charge in [-0.3, -0.25) is 4.68 Å². The molecule has 7 heteroatoms. The molecule has 3 N–H and O–H groups in total. The first kappa shape index (κ1) is 15.3. The maximum absolute atomic E-state index is 12.4. The molecule has 0 spiro atoms. The minimum Gasteiger partial charge on any atom is -0.381 e. The molecule has 1 aliphatic rings. The summed E-state index contributed by atoms with van der Waals surface area (Å²) >= 11 is 0. The molecule has 1 heterocycles. The Balaban J connectivity index is 2.18. The van der Waals surface area contributed by atoms with E-state index in [-0.39, 0.29) is 21.5 Å². The Morgan fingerprint density at radius 3 is 2.15 bits per heavy atom. The van der Waals surface area contributed by atoms with Crippen LogP contribution in [0.1, 0.15) is 33.4 Å². The fraction of sp³-hybridized carbons (Fsp3) is 0.769. The Labute approximate surface area is 120 Å². The van der Waals surface area contributed by atoms with E-state index in [1.165, 1.54) is 4.68 Å². The van der Waals surface area contributed by atoms with Gasteiger partial charge in [-0.15, -0.1) is 0 Å². The summed E-state index contributed by atoms with van der Waals surface area (Å²) in [6, 6.07) is 0. The molecule has 0 bridgehead atoms. The molecule has 114 valence electrons. The maximum Gasteiger partial charge on any atom is 0.246 e. The van der Waals surface area contributed by atoms with E-state index in [0.717, 1.165) is 0 Å². The first-order valence-electron chi connectivity index (χ1n) is 6.71. The second-order valence-corrected chi connectivity index (χ2v) is 8.48. The SMILES string of the molecule is Cc1c(S(=O)(=O)NCC2C(C)(C)C2(C)C)c(N)nn1C. The molecule has 6 nitrogen and oxygen atoms in total. The monoisotopic (exact) mass is 300 g/mol. The van der Waals surface area contributed by atoms with Crippen LogP contribution in [-0.4, -0.2) is 24.7 Å². The van der Waals surface area contributed by atoms with E-state index < -0.39 is 10.0 Å². The van der Waals surface area contributed by atoms with Gasteiger partial charge in [0.1, 0.15) is 4.90 Å². The maximum atomic E-state index is 12.4. The molecule has 0 aliphatic heterocycles. The average molecular weight is 300 g/mol. The molecule has 1 saturated carbocycles. The zero-order valence-corrected chi connectivity index (χ0v) is 13.8. The second kappa shape index (κ2) is 4.21. The highest BCUT2D eigenvalue weighted by molar-refractivity contribution is 7.89. The summed E-state index contributed by atoms with van der Waals surface area (Å²) in [7, 11) is -1.94. The van der Waals surface area contributed by atoms with Gasteiger partial charge in [-0.05, 0) is 23.7 Å². The van der Waals surface area contributed by atoms with Gasteiger partial charge in [0.25, 0.3) is 0 Å². The van der Waals surface area contributed by atoms with Gasteiger partial charge < -0.3 is 5.73 Å². The number of rotatable bonds is 4. The van der Waals surface area contributed by atoms with Gasteiger partial charge in [0.2, 0.25) is 10.0 Å². The largest absolute Gasteiger partial charge is 0.381 e. The molecule has 1 aromatic heterocycles. The van der Waals surface area contributed by atoms with Crippen molar-refractivity contribution in [2.45, 2.75) is 39.5 Å². The van der Waals surface area contributed by atoms with Crippen LogP contribution in [0.25, 0.3) is 0 Å². The Hall–Kier alpha value is -1.08. The van der Waals surface area contributed by atoms with Gasteiger partial charge in [0.05, 0.1) is 5.69 Å². The minimum absolute atomic E-state index is 0.0480. The van der Waals surface area contributed by atoms with Crippen molar-refractivity contribution in [2.75, 3.05) is 12.3 Å². The lowest BCUT2D eigenvalue weighted by atomic mass is 10.0. The van der Waals surface area contributed by atoms with Crippen molar-refractivity contribution in [3.8, 4) is 0 Å². The lowest BCUT2D eigenvalue weighted by molar-refractivity contribution is 0.457. The van der Waals surface area contributed by atoms with Gasteiger partial charge in [-0.25, -0.2) is 13.1 Å². The van der Waals surface area contributed by atoms with E-state index in [1.807, 2.05) is 0 Å². The molecular formula is C13H24N4O2S. The number of nitrogens with one attached hydrogen (secondary N) is 1. The van der Waals surface area contributed by atoms with Gasteiger partial charge in [-0.1, -0.05) is 27.7 Å². The van der Waals surface area contributed by atoms with Crippen molar-refractivity contribution in [1.29, 1.82) is 0 Å². The van der Waals surface area contributed by atoms with Crippen molar-refractivity contribution >= 4 is 15.8 Å². The zero-order chi connectivity index (χ0) is 15.5. The van der Waals surface area contributed by atoms with Crippen LogP contribution >= 0.6 is 0 Å². The molecule has 0 unspecified atom stereocenters. The number of aryl methyl sites for hydroxylation is 1. The van der Waals surface area contributed by atoms with Gasteiger partial charge in [0, 0.05) is 13.6 Å². The summed E-state index contributed by atoms with van der Waals surface area (Å²) in [6.07, 6.45) is 0. The number of anilines is 1. The zero-order valence-electron chi connectivity index (χ0n) is 13.0. The fourth-order valence-electron chi connectivity index (χ4n) is 3.06. The van der Waals surface area contributed by atoms with Gasteiger partial charge in [0.15, 0.2) is 5.82 Å². The third kappa shape index (κ3) is 2.03. The second-order valence-electron chi connectivity index (χ2n) is 6.77. The van der Waals surface area contributed by atoms with Crippen LogP contribution in [0.15, 0.2) is 4.90 Å².